The number of hydrogen-bond acceptors (Lipinski definition) is 10. The average Bonchev–Trinajstić information content (AvgIpc) is 3.28. The van der Waals surface area contributed by atoms with Crippen LogP contribution in [0.3, 0.4) is 0 Å². The van der Waals surface area contributed by atoms with Gasteiger partial charge in [-0.2, -0.15) is 5.10 Å². The van der Waals surface area contributed by atoms with E-state index in [2.05, 4.69) is 30.5 Å². The van der Waals surface area contributed by atoms with E-state index in [0.717, 1.165) is 22.4 Å². The van der Waals surface area contributed by atoms with Crippen molar-refractivity contribution in [2.24, 2.45) is 10.7 Å². The van der Waals surface area contributed by atoms with Crippen LogP contribution in [0.4, 0.5) is 17.3 Å². The Balaban J connectivity index is 1.71. The number of aromatic nitrogens is 5. The minimum Gasteiger partial charge on any atom is -0.483 e. The average molecular weight is 473 g/mol. The van der Waals surface area contributed by atoms with Gasteiger partial charge in [-0.1, -0.05) is 0 Å². The minimum atomic E-state index is -0.551. The molecule has 0 fully saturated rings. The number of hydrogen-bond donors (Lipinski definition) is 2. The lowest BCUT2D eigenvalue weighted by Crippen LogP contribution is -2.06. The highest BCUT2D eigenvalue weighted by molar-refractivity contribution is 5.99. The summed E-state index contributed by atoms with van der Waals surface area (Å²) in [5, 5.41) is 11.4. The summed E-state index contributed by atoms with van der Waals surface area (Å²) >= 11 is 0. The third kappa shape index (κ3) is 5.24. The van der Waals surface area contributed by atoms with Crippen LogP contribution in [-0.4, -0.2) is 50.6 Å². The molecule has 0 bridgehead atoms. The van der Waals surface area contributed by atoms with Gasteiger partial charge in [0.15, 0.2) is 17.5 Å². The number of imidazole rings is 1. The fourth-order valence-electron chi connectivity index (χ4n) is 3.28. The maximum Gasteiger partial charge on any atom is 0.341 e. The number of rotatable bonds is 7. The second-order valence-corrected chi connectivity index (χ2v) is 7.54. The standard InChI is InChI=1S/C24H24N8O3/c1-14-5-9-21(31-30-14)28-16-6-8-19-18(12-16)26-13-32(19)22-10-7-17(24(33)35-4)23(29-22)27-15(2)11-20(25)34-3/h5-13H,25H2,1-4H3,(H,28,31)/b20-11+,27-15+. The molecule has 0 unspecified atom stereocenters. The highest BCUT2D eigenvalue weighted by atomic mass is 16.5. The summed E-state index contributed by atoms with van der Waals surface area (Å²) in [7, 11) is 2.76. The van der Waals surface area contributed by atoms with Crippen LogP contribution in [-0.2, 0) is 9.47 Å². The Morgan fingerprint density at radius 1 is 1.11 bits per heavy atom. The summed E-state index contributed by atoms with van der Waals surface area (Å²) in [5.74, 6) is 0.981. The molecule has 11 nitrogen and oxygen atoms in total. The van der Waals surface area contributed by atoms with E-state index in [0.29, 0.717) is 17.3 Å². The summed E-state index contributed by atoms with van der Waals surface area (Å²) < 4.78 is 11.6. The minimum absolute atomic E-state index is 0.184. The van der Waals surface area contributed by atoms with Gasteiger partial charge in [-0.05, 0) is 56.3 Å². The lowest BCUT2D eigenvalue weighted by atomic mass is 10.2. The lowest BCUT2D eigenvalue weighted by molar-refractivity contribution is 0.0601. The van der Waals surface area contributed by atoms with E-state index < -0.39 is 5.97 Å². The summed E-state index contributed by atoms with van der Waals surface area (Å²) in [6.45, 7) is 3.60. The number of methoxy groups -OCH3 is 2. The first-order valence-corrected chi connectivity index (χ1v) is 10.6. The monoisotopic (exact) mass is 472 g/mol. The second kappa shape index (κ2) is 10.00. The second-order valence-electron chi connectivity index (χ2n) is 7.54. The molecule has 1 aromatic carbocycles. The molecule has 4 aromatic rings. The molecule has 3 aromatic heterocycles. The van der Waals surface area contributed by atoms with Crippen LogP contribution < -0.4 is 11.1 Å². The zero-order valence-electron chi connectivity index (χ0n) is 19.7. The van der Waals surface area contributed by atoms with Crippen LogP contribution in [0.5, 0.6) is 0 Å². The number of nitrogens with one attached hydrogen (secondary N) is 1. The highest BCUT2D eigenvalue weighted by Crippen LogP contribution is 2.25. The quantitative estimate of drug-likeness (QED) is 0.234. The molecule has 178 valence electrons. The van der Waals surface area contributed by atoms with Crippen molar-refractivity contribution in [3.63, 3.8) is 0 Å². The van der Waals surface area contributed by atoms with E-state index in [1.165, 1.54) is 20.3 Å². The van der Waals surface area contributed by atoms with Gasteiger partial charge in [-0.15, -0.1) is 5.10 Å². The number of aliphatic imine (C=N–C) groups is 1. The normalized spacial score (nSPS) is 12.0. The predicted molar refractivity (Wildman–Crippen MR) is 132 cm³/mol. The number of anilines is 2. The smallest absolute Gasteiger partial charge is 0.341 e. The Labute approximate surface area is 201 Å². The molecule has 0 spiro atoms. The molecule has 0 aliphatic carbocycles. The van der Waals surface area contributed by atoms with Crippen molar-refractivity contribution in [1.29, 1.82) is 0 Å². The Bertz CT molecular complexity index is 1440. The van der Waals surface area contributed by atoms with Gasteiger partial charge in [0.25, 0.3) is 0 Å². The van der Waals surface area contributed by atoms with E-state index in [9.17, 15) is 4.79 Å². The molecule has 3 heterocycles. The molecule has 11 heteroatoms. The molecular weight excluding hydrogens is 448 g/mol. The molecule has 0 aliphatic heterocycles. The summed E-state index contributed by atoms with van der Waals surface area (Å²) in [6.07, 6.45) is 3.19. The van der Waals surface area contributed by atoms with Crippen LogP contribution in [0, 0.1) is 6.92 Å². The van der Waals surface area contributed by atoms with Crippen molar-refractivity contribution in [3.8, 4) is 5.82 Å². The number of carbonyl (C=O) groups excluding carboxylic acids is 1. The molecule has 35 heavy (non-hydrogen) atoms. The number of fused-ring (bicyclic) bond motifs is 1. The van der Waals surface area contributed by atoms with E-state index in [4.69, 9.17) is 15.2 Å². The van der Waals surface area contributed by atoms with Crippen LogP contribution in [0.2, 0.25) is 0 Å². The summed E-state index contributed by atoms with van der Waals surface area (Å²) in [6, 6.07) is 12.8. The summed E-state index contributed by atoms with van der Waals surface area (Å²) in [4.78, 5) is 25.8. The number of esters is 1. The largest absolute Gasteiger partial charge is 0.483 e. The third-order valence-electron chi connectivity index (χ3n) is 5.00. The molecule has 0 amide bonds. The first-order valence-electron chi connectivity index (χ1n) is 10.6. The lowest BCUT2D eigenvalue weighted by Gasteiger charge is -2.09. The molecule has 3 N–H and O–H groups in total. The first kappa shape index (κ1) is 23.4. The molecule has 0 aliphatic rings. The molecular formula is C24H24N8O3. The van der Waals surface area contributed by atoms with E-state index in [1.807, 2.05) is 37.3 Å². The molecule has 0 atom stereocenters. The predicted octanol–water partition coefficient (Wildman–Crippen LogP) is 3.59. The Morgan fingerprint density at radius 2 is 1.94 bits per heavy atom. The van der Waals surface area contributed by atoms with Crippen molar-refractivity contribution >= 4 is 40.0 Å². The number of benzene rings is 1. The molecule has 0 saturated heterocycles. The molecule has 0 radical (unpaired) electrons. The van der Waals surface area contributed by atoms with Gasteiger partial charge < -0.3 is 20.5 Å². The van der Waals surface area contributed by atoms with Gasteiger partial charge >= 0.3 is 5.97 Å². The van der Waals surface area contributed by atoms with Crippen LogP contribution >= 0.6 is 0 Å². The zero-order valence-corrected chi connectivity index (χ0v) is 19.7. The third-order valence-corrected chi connectivity index (χ3v) is 5.00. The molecule has 4 rings (SSSR count). The Hall–Kier alpha value is -4.80. The maximum atomic E-state index is 12.3. The van der Waals surface area contributed by atoms with Gasteiger partial charge in [-0.3, -0.25) is 4.57 Å². The van der Waals surface area contributed by atoms with Crippen molar-refractivity contribution < 1.29 is 14.3 Å². The van der Waals surface area contributed by atoms with Crippen LogP contribution in [0.25, 0.3) is 16.9 Å². The fraction of sp³-hybridized carbons (Fsp3) is 0.167. The number of nitrogens with zero attached hydrogens (tertiary/aromatic N) is 6. The number of allylic oxidation sites excluding steroid dienone is 1. The van der Waals surface area contributed by atoms with Gasteiger partial charge in [0, 0.05) is 17.5 Å². The van der Waals surface area contributed by atoms with Crippen molar-refractivity contribution in [1.82, 2.24) is 24.7 Å². The maximum absolute atomic E-state index is 12.3. The molecule has 0 saturated carbocycles. The topological polar surface area (TPSA) is 142 Å². The highest BCUT2D eigenvalue weighted by Gasteiger charge is 2.16. The van der Waals surface area contributed by atoms with Gasteiger partial charge in [-0.25, -0.2) is 19.8 Å². The number of pyridine rings is 1. The van der Waals surface area contributed by atoms with E-state index in [-0.39, 0.29) is 17.3 Å². The Morgan fingerprint density at radius 3 is 2.66 bits per heavy atom. The number of aryl methyl sites for hydroxylation is 1. The number of ether oxygens (including phenoxy) is 2. The fourth-order valence-corrected chi connectivity index (χ4v) is 3.28. The summed E-state index contributed by atoms with van der Waals surface area (Å²) in [5.41, 5.74) is 9.65. The van der Waals surface area contributed by atoms with E-state index in [1.54, 1.807) is 30.0 Å². The van der Waals surface area contributed by atoms with Crippen molar-refractivity contribution in [2.75, 3.05) is 19.5 Å². The van der Waals surface area contributed by atoms with Crippen molar-refractivity contribution in [2.45, 2.75) is 13.8 Å². The van der Waals surface area contributed by atoms with Crippen molar-refractivity contribution in [3.05, 3.63) is 72.0 Å². The van der Waals surface area contributed by atoms with Gasteiger partial charge in [0.1, 0.15) is 17.7 Å². The van der Waals surface area contributed by atoms with Gasteiger partial charge in [0.2, 0.25) is 0 Å². The van der Waals surface area contributed by atoms with Crippen LogP contribution in [0.1, 0.15) is 23.0 Å². The zero-order chi connectivity index (χ0) is 24.9. The van der Waals surface area contributed by atoms with E-state index >= 15 is 0 Å². The SMILES string of the molecule is COC(=O)c1ccc(-n2cnc3cc(Nc4ccc(C)nn4)ccc32)nc1/N=C(C)/C=C(\N)OC. The first-order chi connectivity index (χ1) is 16.9. The number of carbonyl (C=O) groups is 1. The Kier molecular flexibility index (Phi) is 6.67. The van der Waals surface area contributed by atoms with Gasteiger partial charge in [0.05, 0.1) is 30.9 Å². The number of nitrogens with two attached hydrogens (primary N) is 1. The van der Waals surface area contributed by atoms with Crippen LogP contribution in [0.15, 0.2) is 65.7 Å².